The molecule has 0 aliphatic carbocycles. The van der Waals surface area contributed by atoms with E-state index in [0.717, 1.165) is 18.5 Å². The van der Waals surface area contributed by atoms with Crippen molar-refractivity contribution in [3.63, 3.8) is 0 Å². The van der Waals surface area contributed by atoms with Gasteiger partial charge in [0.25, 0.3) is 0 Å². The first kappa shape index (κ1) is 18.9. The van der Waals surface area contributed by atoms with Gasteiger partial charge in [0.05, 0.1) is 23.8 Å². The molecule has 1 aromatic carbocycles. The molecule has 2 unspecified atom stereocenters. The van der Waals surface area contributed by atoms with Crippen LogP contribution in [0.1, 0.15) is 31.9 Å². The molecule has 7 nitrogen and oxygen atoms in total. The van der Waals surface area contributed by atoms with Gasteiger partial charge in [-0.05, 0) is 43.9 Å². The number of imidazole rings is 1. The highest BCUT2D eigenvalue weighted by Gasteiger charge is 2.51. The van der Waals surface area contributed by atoms with Crippen LogP contribution in [0.5, 0.6) is 5.75 Å². The maximum atomic E-state index is 15.2. The Hall–Kier alpha value is -3.13. The van der Waals surface area contributed by atoms with Crippen molar-refractivity contribution in [3.05, 3.63) is 55.4 Å². The molecule has 2 aliphatic rings. The lowest BCUT2D eigenvalue weighted by atomic mass is 9.78. The lowest BCUT2D eigenvalue weighted by Gasteiger charge is -2.40. The van der Waals surface area contributed by atoms with E-state index in [-0.39, 0.29) is 11.7 Å². The molecule has 5 rings (SSSR count). The van der Waals surface area contributed by atoms with Crippen LogP contribution in [0.4, 0.5) is 4.39 Å². The first-order valence-corrected chi connectivity index (χ1v) is 10.1. The average molecular weight is 406 g/mol. The molecule has 30 heavy (non-hydrogen) atoms. The summed E-state index contributed by atoms with van der Waals surface area (Å²) in [5, 5.41) is 22.3. The molecule has 2 fully saturated rings. The van der Waals surface area contributed by atoms with Gasteiger partial charge >= 0.3 is 0 Å². The minimum Gasteiger partial charge on any atom is -0.507 e. The normalized spacial score (nSPS) is 27.9. The van der Waals surface area contributed by atoms with Gasteiger partial charge in [0.15, 0.2) is 5.82 Å². The monoisotopic (exact) mass is 406 g/mol. The van der Waals surface area contributed by atoms with E-state index in [1.54, 1.807) is 41.6 Å². The summed E-state index contributed by atoms with van der Waals surface area (Å²) in [6, 6.07) is 5.51. The number of aromatic nitrogens is 5. The maximum absolute atomic E-state index is 15.2. The summed E-state index contributed by atoms with van der Waals surface area (Å²) in [7, 11) is 0. The number of aromatic hydroxyl groups is 1. The first-order valence-electron chi connectivity index (χ1n) is 10.1. The van der Waals surface area contributed by atoms with Crippen LogP contribution in [0.15, 0.2) is 49.7 Å². The zero-order valence-corrected chi connectivity index (χ0v) is 16.7. The van der Waals surface area contributed by atoms with Crippen molar-refractivity contribution in [2.24, 2.45) is 5.92 Å². The fourth-order valence-electron chi connectivity index (χ4n) is 4.69. The van der Waals surface area contributed by atoms with Crippen LogP contribution in [0.3, 0.4) is 0 Å². The van der Waals surface area contributed by atoms with Gasteiger partial charge in [-0.2, -0.15) is 0 Å². The third-order valence-corrected chi connectivity index (χ3v) is 6.41. The summed E-state index contributed by atoms with van der Waals surface area (Å²) in [4.78, 5) is 8.37. The van der Waals surface area contributed by atoms with E-state index in [2.05, 4.69) is 32.1 Å². The van der Waals surface area contributed by atoms with Crippen LogP contribution in [0.2, 0.25) is 0 Å². The minimum atomic E-state index is -1.02. The molecule has 8 heteroatoms. The lowest BCUT2D eigenvalue weighted by Crippen LogP contribution is -2.56. The number of phenols is 1. The maximum Gasteiger partial charge on any atom is 0.185 e. The highest BCUT2D eigenvalue weighted by molar-refractivity contribution is 5.67. The molecular formula is C22H23FN6O. The number of hydrogen-bond donors (Lipinski definition) is 2. The molecule has 0 saturated carbocycles. The molecule has 2 aliphatic heterocycles. The number of nitrogens with zero attached hydrogens (tertiary/aromatic N) is 5. The SMILES string of the molecule is C=C(c1cnc(-c2ccc(-n3ccnc3)cc2O)nn1)C1CC2CC[C@](C)(N2)[C@@H]1F. The first-order chi connectivity index (χ1) is 14.4. The number of piperidine rings is 1. The van der Waals surface area contributed by atoms with Gasteiger partial charge in [-0.1, -0.05) is 6.58 Å². The van der Waals surface area contributed by atoms with Crippen LogP contribution < -0.4 is 5.32 Å². The fourth-order valence-corrected chi connectivity index (χ4v) is 4.69. The van der Waals surface area contributed by atoms with E-state index in [4.69, 9.17) is 0 Å². The zero-order chi connectivity index (χ0) is 20.9. The summed E-state index contributed by atoms with van der Waals surface area (Å²) in [5.41, 5.74) is 1.87. The summed E-state index contributed by atoms with van der Waals surface area (Å²) in [6.45, 7) is 6.06. The Morgan fingerprint density at radius 3 is 2.93 bits per heavy atom. The summed E-state index contributed by atoms with van der Waals surface area (Å²) in [6.07, 6.45) is 8.17. The number of alkyl halides is 1. The van der Waals surface area contributed by atoms with Gasteiger partial charge in [-0.25, -0.2) is 14.4 Å². The van der Waals surface area contributed by atoms with Crippen molar-refractivity contribution in [2.75, 3.05) is 0 Å². The standard InChI is InChI=1S/C22H23FN6O/c1-13(17-9-14-5-6-22(2,26-14)20(17)23)18-11-25-21(28-27-18)16-4-3-15(10-19(16)30)29-8-7-24-12-29/h3-4,7-8,10-12,14,17,20,26,30H,1,5-6,9H2,2H3/t14?,17?,20-,22+/m1/s1. The molecule has 2 saturated heterocycles. The second kappa shape index (κ2) is 6.98. The smallest absolute Gasteiger partial charge is 0.185 e. The number of halogens is 1. The Morgan fingerprint density at radius 1 is 1.37 bits per heavy atom. The topological polar surface area (TPSA) is 88.8 Å². The second-order valence-corrected chi connectivity index (χ2v) is 8.41. The summed E-state index contributed by atoms with van der Waals surface area (Å²) < 4.78 is 17.0. The van der Waals surface area contributed by atoms with E-state index < -0.39 is 11.7 Å². The molecule has 2 aromatic heterocycles. The lowest BCUT2D eigenvalue weighted by molar-refractivity contribution is 0.103. The molecule has 4 atom stereocenters. The van der Waals surface area contributed by atoms with Crippen molar-refractivity contribution < 1.29 is 9.50 Å². The molecule has 0 amide bonds. The largest absolute Gasteiger partial charge is 0.507 e. The number of benzene rings is 1. The van der Waals surface area contributed by atoms with Gasteiger partial charge in [0.1, 0.15) is 17.6 Å². The Labute approximate surface area is 173 Å². The predicted molar refractivity (Wildman–Crippen MR) is 111 cm³/mol. The molecule has 4 heterocycles. The molecule has 154 valence electrons. The van der Waals surface area contributed by atoms with Gasteiger partial charge < -0.3 is 15.0 Å². The highest BCUT2D eigenvalue weighted by atomic mass is 19.1. The van der Waals surface area contributed by atoms with Crippen molar-refractivity contribution in [3.8, 4) is 22.8 Å². The molecule has 0 spiro atoms. The Balaban J connectivity index is 1.38. The second-order valence-electron chi connectivity index (χ2n) is 8.41. The number of phenolic OH excluding ortho intramolecular Hbond substituents is 1. The van der Waals surface area contributed by atoms with Crippen molar-refractivity contribution >= 4 is 5.57 Å². The third kappa shape index (κ3) is 3.08. The number of hydrogen-bond acceptors (Lipinski definition) is 6. The summed E-state index contributed by atoms with van der Waals surface area (Å²) >= 11 is 0. The van der Waals surface area contributed by atoms with E-state index in [1.807, 2.05) is 13.0 Å². The molecule has 3 aromatic rings. The number of rotatable bonds is 4. The van der Waals surface area contributed by atoms with Crippen molar-refractivity contribution in [1.29, 1.82) is 0 Å². The van der Waals surface area contributed by atoms with Crippen LogP contribution >= 0.6 is 0 Å². The van der Waals surface area contributed by atoms with Crippen molar-refractivity contribution in [1.82, 2.24) is 30.0 Å². The van der Waals surface area contributed by atoms with Gasteiger partial charge in [0, 0.05) is 36.0 Å². The molecule has 2 bridgehead atoms. The van der Waals surface area contributed by atoms with Crippen LogP contribution in [0.25, 0.3) is 22.6 Å². The van der Waals surface area contributed by atoms with Gasteiger partial charge in [-0.15, -0.1) is 10.2 Å². The highest BCUT2D eigenvalue weighted by Crippen LogP contribution is 2.44. The van der Waals surface area contributed by atoms with Crippen LogP contribution in [-0.2, 0) is 0 Å². The fraction of sp³-hybridized carbons (Fsp3) is 0.364. The number of fused-ring (bicyclic) bond motifs is 2. The number of nitrogens with one attached hydrogen (secondary N) is 1. The predicted octanol–water partition coefficient (Wildman–Crippen LogP) is 3.31. The average Bonchev–Trinajstić information content (AvgIpc) is 3.40. The van der Waals surface area contributed by atoms with Gasteiger partial charge in [0.2, 0.25) is 0 Å². The molecule has 0 radical (unpaired) electrons. The summed E-state index contributed by atoms with van der Waals surface area (Å²) in [5.74, 6) is 0.0465. The number of allylic oxidation sites excluding steroid dienone is 1. The zero-order valence-electron chi connectivity index (χ0n) is 16.7. The van der Waals surface area contributed by atoms with E-state index in [1.165, 1.54) is 0 Å². The Bertz CT molecular complexity index is 1080. The van der Waals surface area contributed by atoms with E-state index >= 15 is 4.39 Å². The van der Waals surface area contributed by atoms with Crippen LogP contribution in [-0.4, -0.2) is 47.6 Å². The molecule has 2 N–H and O–H groups in total. The molecular weight excluding hydrogens is 383 g/mol. The van der Waals surface area contributed by atoms with Crippen LogP contribution in [0, 0.1) is 5.92 Å². The quantitative estimate of drug-likeness (QED) is 0.691. The van der Waals surface area contributed by atoms with E-state index in [0.29, 0.717) is 35.1 Å². The van der Waals surface area contributed by atoms with Crippen molar-refractivity contribution in [2.45, 2.75) is 43.9 Å². The third-order valence-electron chi connectivity index (χ3n) is 6.41. The van der Waals surface area contributed by atoms with Gasteiger partial charge in [-0.3, -0.25) is 0 Å². The minimum absolute atomic E-state index is 0.0428. The Kier molecular flexibility index (Phi) is 4.39. The van der Waals surface area contributed by atoms with E-state index in [9.17, 15) is 5.11 Å². The Morgan fingerprint density at radius 2 is 2.23 bits per heavy atom.